The molecule has 1 heterocycles. The van der Waals surface area contributed by atoms with Crippen molar-refractivity contribution in [3.8, 4) is 0 Å². The number of hydrogen-bond donors (Lipinski definition) is 1. The second kappa shape index (κ2) is 6.04. The van der Waals surface area contributed by atoms with Gasteiger partial charge in [0.05, 0.1) is 16.0 Å². The second-order valence-corrected chi connectivity index (χ2v) is 8.72. The summed E-state index contributed by atoms with van der Waals surface area (Å²) in [7, 11) is -7.60. The molecule has 1 aliphatic rings. The normalized spacial score (nSPS) is 15.0. The van der Waals surface area contributed by atoms with Crippen molar-refractivity contribution in [1.29, 1.82) is 0 Å². The quantitative estimate of drug-likeness (QED) is 0.893. The minimum atomic E-state index is -3.89. The lowest BCUT2D eigenvalue weighted by atomic mass is 10.2. The van der Waals surface area contributed by atoms with Crippen LogP contribution in [0.25, 0.3) is 6.08 Å². The standard InChI is InChI=1S/C16H16N2O4S2/c17-24(21,22)15-7-6-14-8-10-18(16(14)12-15)23(19,20)11-9-13-4-2-1-3-5-13/h1-7,9,11-12H,8,10H2,(H2,17,21,22)/b11-9+. The van der Waals surface area contributed by atoms with Crippen molar-refractivity contribution in [3.05, 3.63) is 65.1 Å². The van der Waals surface area contributed by atoms with Crippen LogP contribution in [0.15, 0.2) is 58.8 Å². The van der Waals surface area contributed by atoms with Gasteiger partial charge in [-0.3, -0.25) is 4.31 Å². The summed E-state index contributed by atoms with van der Waals surface area (Å²) in [5.41, 5.74) is 1.90. The molecule has 8 heteroatoms. The topological polar surface area (TPSA) is 97.5 Å². The summed E-state index contributed by atoms with van der Waals surface area (Å²) < 4.78 is 49.4. The van der Waals surface area contributed by atoms with Crippen molar-refractivity contribution in [1.82, 2.24) is 0 Å². The molecule has 126 valence electrons. The van der Waals surface area contributed by atoms with Crippen molar-refractivity contribution in [2.75, 3.05) is 10.8 Å². The molecule has 0 radical (unpaired) electrons. The third-order valence-corrected chi connectivity index (χ3v) is 6.16. The van der Waals surface area contributed by atoms with Crippen molar-refractivity contribution in [2.45, 2.75) is 11.3 Å². The number of primary sulfonamides is 1. The van der Waals surface area contributed by atoms with Crippen LogP contribution in [0.3, 0.4) is 0 Å². The van der Waals surface area contributed by atoms with Gasteiger partial charge in [0.2, 0.25) is 10.0 Å². The third-order valence-electron chi connectivity index (χ3n) is 3.78. The number of nitrogens with zero attached hydrogens (tertiary/aromatic N) is 1. The molecule has 0 fully saturated rings. The molecule has 0 atom stereocenters. The van der Waals surface area contributed by atoms with Crippen LogP contribution < -0.4 is 9.44 Å². The van der Waals surface area contributed by atoms with E-state index in [1.165, 1.54) is 22.5 Å². The Balaban J connectivity index is 1.96. The van der Waals surface area contributed by atoms with Gasteiger partial charge in [0.15, 0.2) is 0 Å². The minimum absolute atomic E-state index is 0.101. The number of anilines is 1. The van der Waals surface area contributed by atoms with Crippen LogP contribution >= 0.6 is 0 Å². The molecule has 6 nitrogen and oxygen atoms in total. The maximum atomic E-state index is 12.6. The largest absolute Gasteiger partial charge is 0.266 e. The first-order valence-electron chi connectivity index (χ1n) is 7.19. The molecule has 0 saturated carbocycles. The Hall–Kier alpha value is -2.16. The number of rotatable bonds is 4. The predicted molar refractivity (Wildman–Crippen MR) is 93.3 cm³/mol. The zero-order chi connectivity index (χ0) is 17.4. The molecule has 0 spiro atoms. The van der Waals surface area contributed by atoms with Gasteiger partial charge in [0, 0.05) is 6.54 Å². The molecule has 0 aromatic heterocycles. The van der Waals surface area contributed by atoms with Gasteiger partial charge in [-0.25, -0.2) is 22.0 Å². The number of nitrogens with two attached hydrogens (primary N) is 1. The van der Waals surface area contributed by atoms with Gasteiger partial charge in [0.25, 0.3) is 10.0 Å². The summed E-state index contributed by atoms with van der Waals surface area (Å²) in [4.78, 5) is -0.101. The van der Waals surface area contributed by atoms with Crippen LogP contribution in [0.2, 0.25) is 0 Å². The van der Waals surface area contributed by atoms with Gasteiger partial charge in [-0.15, -0.1) is 0 Å². The molecule has 3 rings (SSSR count). The first-order valence-corrected chi connectivity index (χ1v) is 10.2. The molecule has 0 amide bonds. The highest BCUT2D eigenvalue weighted by molar-refractivity contribution is 7.95. The number of sulfonamides is 2. The number of fused-ring (bicyclic) bond motifs is 1. The smallest absolute Gasteiger partial charge is 0.257 e. The van der Waals surface area contributed by atoms with E-state index in [1.807, 2.05) is 18.2 Å². The summed E-state index contributed by atoms with van der Waals surface area (Å²) in [6.07, 6.45) is 2.04. The molecule has 0 saturated heterocycles. The highest BCUT2D eigenvalue weighted by Crippen LogP contribution is 2.32. The van der Waals surface area contributed by atoms with Gasteiger partial charge >= 0.3 is 0 Å². The van der Waals surface area contributed by atoms with Gasteiger partial charge in [-0.1, -0.05) is 36.4 Å². The monoisotopic (exact) mass is 364 g/mol. The van der Waals surface area contributed by atoms with Crippen LogP contribution in [0.4, 0.5) is 5.69 Å². The van der Waals surface area contributed by atoms with Gasteiger partial charge in [-0.2, -0.15) is 0 Å². The fraction of sp³-hybridized carbons (Fsp3) is 0.125. The maximum absolute atomic E-state index is 12.6. The second-order valence-electron chi connectivity index (χ2n) is 5.42. The van der Waals surface area contributed by atoms with E-state index >= 15 is 0 Å². The van der Waals surface area contributed by atoms with E-state index in [1.54, 1.807) is 18.2 Å². The van der Waals surface area contributed by atoms with Crippen LogP contribution in [-0.2, 0) is 26.5 Å². The summed E-state index contributed by atoms with van der Waals surface area (Å²) in [6.45, 7) is 0.269. The van der Waals surface area contributed by atoms with Crippen molar-refractivity contribution in [2.24, 2.45) is 5.14 Å². The highest BCUT2D eigenvalue weighted by atomic mass is 32.2. The molecule has 2 N–H and O–H groups in total. The van der Waals surface area contributed by atoms with Gasteiger partial charge in [-0.05, 0) is 35.8 Å². The highest BCUT2D eigenvalue weighted by Gasteiger charge is 2.28. The molecule has 1 aliphatic heterocycles. The molecular formula is C16H16N2O4S2. The van der Waals surface area contributed by atoms with E-state index in [0.717, 1.165) is 16.5 Å². The third kappa shape index (κ3) is 3.35. The molecule has 2 aromatic carbocycles. The van der Waals surface area contributed by atoms with Crippen LogP contribution in [-0.4, -0.2) is 23.4 Å². The summed E-state index contributed by atoms with van der Waals surface area (Å²) in [5, 5.41) is 6.26. The van der Waals surface area contributed by atoms with Gasteiger partial charge < -0.3 is 0 Å². The Bertz CT molecular complexity index is 998. The minimum Gasteiger partial charge on any atom is -0.266 e. The van der Waals surface area contributed by atoms with Crippen LogP contribution in [0.5, 0.6) is 0 Å². The van der Waals surface area contributed by atoms with Crippen molar-refractivity contribution < 1.29 is 16.8 Å². The van der Waals surface area contributed by atoms with E-state index in [0.29, 0.717) is 12.1 Å². The summed E-state index contributed by atoms with van der Waals surface area (Å²) in [6, 6.07) is 13.4. The molecule has 0 unspecified atom stereocenters. The lowest BCUT2D eigenvalue weighted by Gasteiger charge is -2.17. The Morgan fingerprint density at radius 2 is 1.71 bits per heavy atom. The van der Waals surface area contributed by atoms with Crippen molar-refractivity contribution >= 4 is 31.8 Å². The first kappa shape index (κ1) is 16.7. The molecular weight excluding hydrogens is 348 g/mol. The Morgan fingerprint density at radius 1 is 1.00 bits per heavy atom. The van der Waals surface area contributed by atoms with Crippen LogP contribution in [0.1, 0.15) is 11.1 Å². The fourth-order valence-corrected chi connectivity index (χ4v) is 4.37. The average Bonchev–Trinajstić information content (AvgIpc) is 2.97. The number of hydrogen-bond acceptors (Lipinski definition) is 4. The molecule has 0 bridgehead atoms. The molecule has 24 heavy (non-hydrogen) atoms. The molecule has 2 aromatic rings. The maximum Gasteiger partial charge on any atom is 0.257 e. The van der Waals surface area contributed by atoms with Crippen LogP contribution in [0, 0.1) is 0 Å². The Kier molecular flexibility index (Phi) is 4.20. The summed E-state index contributed by atoms with van der Waals surface area (Å²) in [5.74, 6) is 0. The number of benzene rings is 2. The van der Waals surface area contributed by atoms with E-state index in [-0.39, 0.29) is 11.4 Å². The zero-order valence-electron chi connectivity index (χ0n) is 12.7. The SMILES string of the molecule is NS(=O)(=O)c1ccc2c(c1)N(S(=O)(=O)/C=C/c1ccccc1)CC2. The van der Waals surface area contributed by atoms with E-state index < -0.39 is 20.0 Å². The van der Waals surface area contributed by atoms with E-state index in [4.69, 9.17) is 5.14 Å². The van der Waals surface area contributed by atoms with Gasteiger partial charge in [0.1, 0.15) is 0 Å². The lowest BCUT2D eigenvalue weighted by molar-refractivity contribution is 0.596. The fourth-order valence-electron chi connectivity index (χ4n) is 2.57. The Labute approximate surface area is 141 Å². The van der Waals surface area contributed by atoms with E-state index in [9.17, 15) is 16.8 Å². The predicted octanol–water partition coefficient (Wildman–Crippen LogP) is 1.70. The lowest BCUT2D eigenvalue weighted by Crippen LogP contribution is -2.27. The Morgan fingerprint density at radius 3 is 2.38 bits per heavy atom. The first-order chi connectivity index (χ1) is 11.3. The summed E-state index contributed by atoms with van der Waals surface area (Å²) >= 11 is 0. The van der Waals surface area contributed by atoms with Crippen molar-refractivity contribution in [3.63, 3.8) is 0 Å². The average molecular weight is 364 g/mol. The van der Waals surface area contributed by atoms with E-state index in [2.05, 4.69) is 0 Å². The zero-order valence-corrected chi connectivity index (χ0v) is 14.3. The molecule has 0 aliphatic carbocycles.